The summed E-state index contributed by atoms with van der Waals surface area (Å²) in [6, 6.07) is 0.599. The lowest BCUT2D eigenvalue weighted by Gasteiger charge is -2.18. The molecule has 0 saturated heterocycles. The monoisotopic (exact) mass is 237 g/mol. The molecule has 1 rings (SSSR count). The molecular formula is C14H27N3. The minimum atomic E-state index is 0.599. The van der Waals surface area contributed by atoms with E-state index in [2.05, 4.69) is 37.4 Å². The maximum Gasteiger partial charge on any atom is 0.0522 e. The van der Waals surface area contributed by atoms with E-state index >= 15 is 0 Å². The molecule has 0 spiro atoms. The van der Waals surface area contributed by atoms with Crippen molar-refractivity contribution in [2.45, 2.75) is 52.5 Å². The summed E-state index contributed by atoms with van der Waals surface area (Å²) in [5, 5.41) is 7.88. The van der Waals surface area contributed by atoms with E-state index in [-0.39, 0.29) is 0 Å². The van der Waals surface area contributed by atoms with Crippen LogP contribution in [0.4, 0.5) is 0 Å². The molecule has 0 radical (unpaired) electrons. The van der Waals surface area contributed by atoms with Gasteiger partial charge in [-0.1, -0.05) is 20.8 Å². The molecule has 3 heteroatoms. The lowest BCUT2D eigenvalue weighted by atomic mass is 9.99. The Morgan fingerprint density at radius 2 is 2.12 bits per heavy atom. The number of nitrogens with one attached hydrogen (secondary N) is 1. The van der Waals surface area contributed by atoms with E-state index in [1.165, 1.54) is 24.8 Å². The van der Waals surface area contributed by atoms with E-state index < -0.39 is 0 Å². The van der Waals surface area contributed by atoms with Gasteiger partial charge in [0.05, 0.1) is 6.20 Å². The second-order valence-corrected chi connectivity index (χ2v) is 5.35. The molecular weight excluding hydrogens is 210 g/mol. The van der Waals surface area contributed by atoms with E-state index in [1.54, 1.807) is 0 Å². The van der Waals surface area contributed by atoms with Gasteiger partial charge in [-0.2, -0.15) is 5.10 Å². The molecule has 0 bridgehead atoms. The van der Waals surface area contributed by atoms with Crippen molar-refractivity contribution in [3.8, 4) is 0 Å². The molecule has 3 nitrogen and oxygen atoms in total. The Bertz CT molecular complexity index is 304. The fraction of sp³-hybridized carbons (Fsp3) is 0.786. The largest absolute Gasteiger partial charge is 0.314 e. The minimum Gasteiger partial charge on any atom is -0.314 e. The normalized spacial score (nSPS) is 13.2. The second-order valence-electron chi connectivity index (χ2n) is 5.35. The van der Waals surface area contributed by atoms with Crippen LogP contribution < -0.4 is 5.32 Å². The maximum absolute atomic E-state index is 4.23. The standard InChI is InChI=1S/C14H27N3/c1-5-8-15-14(7-6-12(2)3)9-13-10-16-17(4)11-13/h10-12,14-15H,5-9H2,1-4H3. The van der Waals surface area contributed by atoms with Gasteiger partial charge in [0, 0.05) is 19.3 Å². The molecule has 1 unspecified atom stereocenters. The number of nitrogens with zero attached hydrogens (tertiary/aromatic N) is 2. The van der Waals surface area contributed by atoms with Crippen molar-refractivity contribution in [1.29, 1.82) is 0 Å². The van der Waals surface area contributed by atoms with Gasteiger partial charge in [0.15, 0.2) is 0 Å². The summed E-state index contributed by atoms with van der Waals surface area (Å²) >= 11 is 0. The number of aryl methyl sites for hydroxylation is 1. The first-order valence-corrected chi connectivity index (χ1v) is 6.82. The van der Waals surface area contributed by atoms with Crippen LogP contribution in [0, 0.1) is 5.92 Å². The highest BCUT2D eigenvalue weighted by Gasteiger charge is 2.10. The van der Waals surface area contributed by atoms with E-state index in [9.17, 15) is 0 Å². The predicted molar refractivity (Wildman–Crippen MR) is 73.1 cm³/mol. The highest BCUT2D eigenvalue weighted by Crippen LogP contribution is 2.11. The average Bonchev–Trinajstić information content (AvgIpc) is 2.68. The topological polar surface area (TPSA) is 29.9 Å². The van der Waals surface area contributed by atoms with E-state index in [4.69, 9.17) is 0 Å². The lowest BCUT2D eigenvalue weighted by molar-refractivity contribution is 0.427. The number of rotatable bonds is 8. The van der Waals surface area contributed by atoms with Crippen molar-refractivity contribution < 1.29 is 0 Å². The highest BCUT2D eigenvalue weighted by molar-refractivity contribution is 5.05. The Morgan fingerprint density at radius 1 is 1.35 bits per heavy atom. The van der Waals surface area contributed by atoms with Gasteiger partial charge in [-0.25, -0.2) is 0 Å². The van der Waals surface area contributed by atoms with E-state index in [0.29, 0.717) is 6.04 Å². The van der Waals surface area contributed by atoms with Crippen LogP contribution in [0.15, 0.2) is 12.4 Å². The zero-order valence-electron chi connectivity index (χ0n) is 11.7. The summed E-state index contributed by atoms with van der Waals surface area (Å²) < 4.78 is 1.88. The van der Waals surface area contributed by atoms with Crippen molar-refractivity contribution in [3.05, 3.63) is 18.0 Å². The van der Waals surface area contributed by atoms with Crippen LogP contribution in [0.5, 0.6) is 0 Å². The lowest BCUT2D eigenvalue weighted by Crippen LogP contribution is -2.32. The first kappa shape index (κ1) is 14.2. The summed E-state index contributed by atoms with van der Waals surface area (Å²) in [5.41, 5.74) is 1.34. The molecule has 0 aliphatic rings. The van der Waals surface area contributed by atoms with Crippen LogP contribution in [0.2, 0.25) is 0 Å². The summed E-state index contributed by atoms with van der Waals surface area (Å²) in [4.78, 5) is 0. The third-order valence-electron chi connectivity index (χ3n) is 3.02. The van der Waals surface area contributed by atoms with Gasteiger partial charge < -0.3 is 5.32 Å². The zero-order valence-corrected chi connectivity index (χ0v) is 11.7. The Morgan fingerprint density at radius 3 is 2.65 bits per heavy atom. The van der Waals surface area contributed by atoms with E-state index in [0.717, 1.165) is 18.9 Å². The summed E-state index contributed by atoms with van der Waals surface area (Å²) in [5.74, 6) is 0.787. The molecule has 0 aliphatic carbocycles. The van der Waals surface area contributed by atoms with Crippen LogP contribution in [0.3, 0.4) is 0 Å². The summed E-state index contributed by atoms with van der Waals surface area (Å²) in [6.07, 6.45) is 8.95. The highest BCUT2D eigenvalue weighted by atomic mass is 15.2. The number of hydrogen-bond acceptors (Lipinski definition) is 2. The molecule has 0 amide bonds. The van der Waals surface area contributed by atoms with Gasteiger partial charge in [0.1, 0.15) is 0 Å². The quantitative estimate of drug-likeness (QED) is 0.753. The van der Waals surface area contributed by atoms with Gasteiger partial charge >= 0.3 is 0 Å². The van der Waals surface area contributed by atoms with Crippen LogP contribution >= 0.6 is 0 Å². The van der Waals surface area contributed by atoms with Gasteiger partial charge in [-0.3, -0.25) is 4.68 Å². The van der Waals surface area contributed by atoms with Crippen LogP contribution in [0.1, 0.15) is 45.6 Å². The Balaban J connectivity index is 2.44. The van der Waals surface area contributed by atoms with E-state index in [1.807, 2.05) is 17.9 Å². The van der Waals surface area contributed by atoms with Crippen LogP contribution in [-0.2, 0) is 13.5 Å². The van der Waals surface area contributed by atoms with Crippen LogP contribution in [0.25, 0.3) is 0 Å². The smallest absolute Gasteiger partial charge is 0.0522 e. The summed E-state index contributed by atoms with van der Waals surface area (Å²) in [6.45, 7) is 7.92. The first-order valence-electron chi connectivity index (χ1n) is 6.82. The maximum atomic E-state index is 4.23. The molecule has 1 aromatic rings. The molecule has 1 atom stereocenters. The SMILES string of the molecule is CCCNC(CCC(C)C)Cc1cnn(C)c1. The average molecular weight is 237 g/mol. The molecule has 17 heavy (non-hydrogen) atoms. The number of aromatic nitrogens is 2. The van der Waals surface area contributed by atoms with Crippen LogP contribution in [-0.4, -0.2) is 22.4 Å². The molecule has 1 heterocycles. The molecule has 98 valence electrons. The molecule has 1 aromatic heterocycles. The predicted octanol–water partition coefficient (Wildman–Crippen LogP) is 2.77. The van der Waals surface area contributed by atoms with Gasteiger partial charge in [-0.15, -0.1) is 0 Å². The third-order valence-corrected chi connectivity index (χ3v) is 3.02. The molecule has 0 aliphatic heterocycles. The fourth-order valence-electron chi connectivity index (χ4n) is 2.02. The van der Waals surface area contributed by atoms with Crippen molar-refractivity contribution in [2.75, 3.05) is 6.54 Å². The fourth-order valence-corrected chi connectivity index (χ4v) is 2.02. The minimum absolute atomic E-state index is 0.599. The Hall–Kier alpha value is -0.830. The molecule has 1 N–H and O–H groups in total. The third kappa shape index (κ3) is 5.87. The Labute approximate surface area is 106 Å². The van der Waals surface area contributed by atoms with Crippen molar-refractivity contribution in [1.82, 2.24) is 15.1 Å². The van der Waals surface area contributed by atoms with Gasteiger partial charge in [0.25, 0.3) is 0 Å². The van der Waals surface area contributed by atoms with Gasteiger partial charge in [-0.05, 0) is 43.7 Å². The van der Waals surface area contributed by atoms with Crippen molar-refractivity contribution in [3.63, 3.8) is 0 Å². The first-order chi connectivity index (χ1) is 8.11. The Kier molecular flexibility index (Phi) is 6.27. The molecule has 0 aromatic carbocycles. The second kappa shape index (κ2) is 7.49. The molecule has 0 saturated carbocycles. The summed E-state index contributed by atoms with van der Waals surface area (Å²) in [7, 11) is 1.98. The zero-order chi connectivity index (χ0) is 12.7. The molecule has 0 fully saturated rings. The van der Waals surface area contributed by atoms with Gasteiger partial charge in [0.2, 0.25) is 0 Å². The van der Waals surface area contributed by atoms with Crippen molar-refractivity contribution in [2.24, 2.45) is 13.0 Å². The van der Waals surface area contributed by atoms with Crippen molar-refractivity contribution >= 4 is 0 Å². The number of hydrogen-bond donors (Lipinski definition) is 1.